The second kappa shape index (κ2) is 6.97. The molecule has 0 bridgehead atoms. The van der Waals surface area contributed by atoms with Crippen molar-refractivity contribution in [2.45, 2.75) is 44.6 Å². The van der Waals surface area contributed by atoms with Crippen LogP contribution in [-0.4, -0.2) is 18.8 Å². The van der Waals surface area contributed by atoms with E-state index in [1.807, 2.05) is 11.8 Å². The minimum Gasteiger partial charge on any atom is -0.316 e. The van der Waals surface area contributed by atoms with Crippen LogP contribution < -0.4 is 5.32 Å². The highest BCUT2D eigenvalue weighted by Gasteiger charge is 2.06. The summed E-state index contributed by atoms with van der Waals surface area (Å²) in [5.74, 6) is 1.16. The predicted molar refractivity (Wildman–Crippen MR) is 74.4 cm³/mol. The Morgan fingerprint density at radius 1 is 1.31 bits per heavy atom. The largest absolute Gasteiger partial charge is 0.316 e. The average molecular weight is 237 g/mol. The second-order valence-electron chi connectivity index (χ2n) is 4.35. The van der Waals surface area contributed by atoms with E-state index in [0.29, 0.717) is 6.04 Å². The molecule has 0 radical (unpaired) electrons. The fraction of sp³-hybridized carbons (Fsp3) is 0.571. The van der Waals surface area contributed by atoms with Crippen molar-refractivity contribution >= 4 is 11.8 Å². The summed E-state index contributed by atoms with van der Waals surface area (Å²) in [7, 11) is 2.06. The zero-order valence-corrected chi connectivity index (χ0v) is 11.7. The van der Waals surface area contributed by atoms with Gasteiger partial charge >= 0.3 is 0 Å². The van der Waals surface area contributed by atoms with Crippen LogP contribution in [0.25, 0.3) is 0 Å². The monoisotopic (exact) mass is 237 g/mol. The first kappa shape index (κ1) is 13.6. The lowest BCUT2D eigenvalue weighted by Crippen LogP contribution is -2.27. The van der Waals surface area contributed by atoms with Gasteiger partial charge < -0.3 is 5.32 Å². The van der Waals surface area contributed by atoms with E-state index in [1.54, 1.807) is 0 Å². The highest BCUT2D eigenvalue weighted by Crippen LogP contribution is 2.24. The van der Waals surface area contributed by atoms with Crippen molar-refractivity contribution in [1.29, 1.82) is 0 Å². The van der Waals surface area contributed by atoms with E-state index >= 15 is 0 Å². The molecule has 0 spiro atoms. The Morgan fingerprint density at radius 2 is 2.06 bits per heavy atom. The molecule has 0 aromatic heterocycles. The molecule has 0 saturated carbocycles. The van der Waals surface area contributed by atoms with Crippen LogP contribution in [-0.2, 0) is 0 Å². The lowest BCUT2D eigenvalue weighted by atomic mass is 10.2. The van der Waals surface area contributed by atoms with Crippen molar-refractivity contribution < 1.29 is 0 Å². The van der Waals surface area contributed by atoms with Crippen molar-refractivity contribution in [1.82, 2.24) is 5.32 Å². The first-order valence-corrected chi connectivity index (χ1v) is 7.03. The molecule has 0 aliphatic rings. The average Bonchev–Trinajstić information content (AvgIpc) is 2.28. The SMILES string of the molecule is CCCC(CSc1cc(C)ccc1C)NC. The predicted octanol–water partition coefficient (Wildman–Crippen LogP) is 3.78. The normalized spacial score (nSPS) is 12.8. The Kier molecular flexibility index (Phi) is 5.93. The fourth-order valence-corrected chi connectivity index (χ4v) is 2.99. The number of hydrogen-bond acceptors (Lipinski definition) is 2. The van der Waals surface area contributed by atoms with Crippen LogP contribution in [0.4, 0.5) is 0 Å². The lowest BCUT2D eigenvalue weighted by Gasteiger charge is -2.15. The summed E-state index contributed by atoms with van der Waals surface area (Å²) in [5.41, 5.74) is 2.74. The van der Waals surface area contributed by atoms with E-state index < -0.39 is 0 Å². The maximum absolute atomic E-state index is 3.39. The summed E-state index contributed by atoms with van der Waals surface area (Å²) in [6.45, 7) is 6.59. The molecular weight excluding hydrogens is 214 g/mol. The van der Waals surface area contributed by atoms with Gasteiger partial charge in [-0.3, -0.25) is 0 Å². The number of rotatable bonds is 6. The minimum atomic E-state index is 0.634. The molecule has 1 aromatic carbocycles. The Morgan fingerprint density at radius 3 is 2.69 bits per heavy atom. The van der Waals surface area contributed by atoms with Gasteiger partial charge in [0.1, 0.15) is 0 Å². The molecule has 1 rings (SSSR count). The van der Waals surface area contributed by atoms with Gasteiger partial charge in [-0.25, -0.2) is 0 Å². The molecule has 0 aliphatic heterocycles. The summed E-state index contributed by atoms with van der Waals surface area (Å²) < 4.78 is 0. The molecule has 0 fully saturated rings. The Hall–Kier alpha value is -0.470. The number of aryl methyl sites for hydroxylation is 2. The topological polar surface area (TPSA) is 12.0 Å². The Bertz CT molecular complexity index is 323. The van der Waals surface area contributed by atoms with E-state index in [0.717, 1.165) is 5.75 Å². The summed E-state index contributed by atoms with van der Waals surface area (Å²) in [6, 6.07) is 7.32. The molecule has 1 N–H and O–H groups in total. The van der Waals surface area contributed by atoms with Crippen molar-refractivity contribution in [3.8, 4) is 0 Å². The number of thioether (sulfide) groups is 1. The first-order valence-electron chi connectivity index (χ1n) is 6.04. The van der Waals surface area contributed by atoms with Gasteiger partial charge in [0.2, 0.25) is 0 Å². The smallest absolute Gasteiger partial charge is 0.0158 e. The van der Waals surface area contributed by atoms with Gasteiger partial charge in [-0.15, -0.1) is 11.8 Å². The van der Waals surface area contributed by atoms with Gasteiger partial charge in [-0.1, -0.05) is 31.0 Å². The maximum atomic E-state index is 3.39. The van der Waals surface area contributed by atoms with Crippen molar-refractivity contribution in [2.75, 3.05) is 12.8 Å². The first-order chi connectivity index (χ1) is 7.67. The van der Waals surface area contributed by atoms with Gasteiger partial charge in [-0.2, -0.15) is 0 Å². The van der Waals surface area contributed by atoms with Crippen LogP contribution in [0, 0.1) is 13.8 Å². The molecule has 1 aromatic rings. The molecule has 16 heavy (non-hydrogen) atoms. The molecule has 0 saturated heterocycles. The number of benzene rings is 1. The standard InChI is InChI=1S/C14H23NS/c1-5-6-13(15-4)10-16-14-9-11(2)7-8-12(14)3/h7-9,13,15H,5-6,10H2,1-4H3. The maximum Gasteiger partial charge on any atom is 0.0158 e. The molecular formula is C14H23NS. The summed E-state index contributed by atoms with van der Waals surface area (Å²) in [6.07, 6.45) is 2.51. The summed E-state index contributed by atoms with van der Waals surface area (Å²) in [4.78, 5) is 1.43. The van der Waals surface area contributed by atoms with Crippen molar-refractivity contribution in [3.63, 3.8) is 0 Å². The molecule has 1 nitrogen and oxygen atoms in total. The third-order valence-corrected chi connectivity index (χ3v) is 4.15. The van der Waals surface area contributed by atoms with E-state index in [4.69, 9.17) is 0 Å². The van der Waals surface area contributed by atoms with Crippen LogP contribution in [0.15, 0.2) is 23.1 Å². The van der Waals surface area contributed by atoms with Gasteiger partial charge in [0, 0.05) is 16.7 Å². The molecule has 0 heterocycles. The van der Waals surface area contributed by atoms with Crippen molar-refractivity contribution in [3.05, 3.63) is 29.3 Å². The van der Waals surface area contributed by atoms with E-state index in [2.05, 4.69) is 51.3 Å². The summed E-state index contributed by atoms with van der Waals surface area (Å²) in [5, 5.41) is 3.39. The van der Waals surface area contributed by atoms with Crippen LogP contribution >= 0.6 is 11.8 Å². The molecule has 90 valence electrons. The quantitative estimate of drug-likeness (QED) is 0.756. The van der Waals surface area contributed by atoms with E-state index in [-0.39, 0.29) is 0 Å². The highest BCUT2D eigenvalue weighted by atomic mass is 32.2. The Balaban J connectivity index is 2.55. The minimum absolute atomic E-state index is 0.634. The Labute approximate surface area is 104 Å². The zero-order valence-electron chi connectivity index (χ0n) is 10.8. The molecule has 1 unspecified atom stereocenters. The second-order valence-corrected chi connectivity index (χ2v) is 5.42. The molecule has 1 atom stereocenters. The van der Waals surface area contributed by atoms with Crippen molar-refractivity contribution in [2.24, 2.45) is 0 Å². The fourth-order valence-electron chi connectivity index (χ4n) is 1.71. The van der Waals surface area contributed by atoms with Gasteiger partial charge in [-0.05, 0) is 38.9 Å². The van der Waals surface area contributed by atoms with Crippen LogP contribution in [0.1, 0.15) is 30.9 Å². The lowest BCUT2D eigenvalue weighted by molar-refractivity contribution is 0.564. The van der Waals surface area contributed by atoms with Crippen LogP contribution in [0.3, 0.4) is 0 Å². The van der Waals surface area contributed by atoms with E-state index in [9.17, 15) is 0 Å². The van der Waals surface area contributed by atoms with Crippen LogP contribution in [0.5, 0.6) is 0 Å². The summed E-state index contributed by atoms with van der Waals surface area (Å²) >= 11 is 1.97. The molecule has 0 amide bonds. The van der Waals surface area contributed by atoms with E-state index in [1.165, 1.54) is 28.9 Å². The number of hydrogen-bond donors (Lipinski definition) is 1. The highest BCUT2D eigenvalue weighted by molar-refractivity contribution is 7.99. The van der Waals surface area contributed by atoms with Gasteiger partial charge in [0.15, 0.2) is 0 Å². The molecule has 2 heteroatoms. The van der Waals surface area contributed by atoms with Crippen LogP contribution in [0.2, 0.25) is 0 Å². The zero-order chi connectivity index (χ0) is 12.0. The van der Waals surface area contributed by atoms with Gasteiger partial charge in [0.25, 0.3) is 0 Å². The molecule has 0 aliphatic carbocycles. The third kappa shape index (κ3) is 4.18. The third-order valence-electron chi connectivity index (χ3n) is 2.83. The number of nitrogens with one attached hydrogen (secondary N) is 1. The van der Waals surface area contributed by atoms with Gasteiger partial charge in [0.05, 0.1) is 0 Å².